The van der Waals surface area contributed by atoms with Crippen molar-refractivity contribution in [3.05, 3.63) is 28.8 Å². The highest BCUT2D eigenvalue weighted by Crippen LogP contribution is 2.30. The number of para-hydroxylation sites is 1. The Balaban J connectivity index is 3.07. The Kier molecular flexibility index (Phi) is 5.79. The number of anilines is 1. The predicted molar refractivity (Wildman–Crippen MR) is 77.0 cm³/mol. The van der Waals surface area contributed by atoms with Crippen molar-refractivity contribution in [3.8, 4) is 0 Å². The summed E-state index contributed by atoms with van der Waals surface area (Å²) < 4.78 is 0. The van der Waals surface area contributed by atoms with E-state index in [9.17, 15) is 0 Å². The lowest BCUT2D eigenvalue weighted by Crippen LogP contribution is -2.26. The molecule has 2 nitrogen and oxygen atoms in total. The normalized spacial score (nSPS) is 12.5. The van der Waals surface area contributed by atoms with Gasteiger partial charge in [-0.15, -0.1) is 0 Å². The summed E-state index contributed by atoms with van der Waals surface area (Å²) in [7, 11) is 0. The molecule has 0 heterocycles. The Morgan fingerprint density at radius 3 is 2.41 bits per heavy atom. The van der Waals surface area contributed by atoms with Gasteiger partial charge < -0.3 is 10.6 Å². The first-order chi connectivity index (χ1) is 8.13. The van der Waals surface area contributed by atoms with Gasteiger partial charge in [0.15, 0.2) is 0 Å². The van der Waals surface area contributed by atoms with Gasteiger partial charge in [0, 0.05) is 19.1 Å². The average Bonchev–Trinajstić information content (AvgIpc) is 2.33. The fraction of sp³-hybridized carbons (Fsp3) is 0.571. The smallest absolute Gasteiger partial charge is 0.0642 e. The molecule has 1 atom stereocenters. The molecule has 0 fully saturated rings. The molecule has 0 aromatic heterocycles. The molecule has 0 aliphatic heterocycles. The number of hydrogen-bond acceptors (Lipinski definition) is 2. The Bertz CT molecular complexity index is 348. The zero-order valence-electron chi connectivity index (χ0n) is 11.0. The van der Waals surface area contributed by atoms with Crippen LogP contribution in [0.3, 0.4) is 0 Å². The summed E-state index contributed by atoms with van der Waals surface area (Å²) in [6.07, 6.45) is 1.88. The second-order valence-electron chi connectivity index (χ2n) is 4.29. The van der Waals surface area contributed by atoms with Gasteiger partial charge in [-0.3, -0.25) is 0 Å². The van der Waals surface area contributed by atoms with Gasteiger partial charge in [-0.25, -0.2) is 0 Å². The van der Waals surface area contributed by atoms with Gasteiger partial charge in [0.05, 0.1) is 10.7 Å². The first kappa shape index (κ1) is 14.3. The van der Waals surface area contributed by atoms with Crippen molar-refractivity contribution in [1.82, 2.24) is 0 Å². The Hall–Kier alpha value is -0.730. The molecule has 1 rings (SSSR count). The van der Waals surface area contributed by atoms with Gasteiger partial charge in [0.2, 0.25) is 0 Å². The van der Waals surface area contributed by atoms with Crippen LogP contribution in [0.15, 0.2) is 18.2 Å². The molecule has 2 N–H and O–H groups in total. The highest BCUT2D eigenvalue weighted by Gasteiger charge is 2.14. The molecule has 1 unspecified atom stereocenters. The first-order valence-corrected chi connectivity index (χ1v) is 6.79. The van der Waals surface area contributed by atoms with Crippen LogP contribution in [0.25, 0.3) is 0 Å². The largest absolute Gasteiger partial charge is 0.371 e. The highest BCUT2D eigenvalue weighted by atomic mass is 35.5. The summed E-state index contributed by atoms with van der Waals surface area (Å²) in [6, 6.07) is 6.31. The number of benzene rings is 1. The van der Waals surface area contributed by atoms with Crippen LogP contribution in [0.1, 0.15) is 32.8 Å². The number of halogens is 1. The molecule has 1 aromatic rings. The van der Waals surface area contributed by atoms with E-state index in [0.717, 1.165) is 36.6 Å². The fourth-order valence-electron chi connectivity index (χ4n) is 2.05. The molecule has 0 radical (unpaired) electrons. The van der Waals surface area contributed by atoms with Crippen molar-refractivity contribution < 1.29 is 0 Å². The molecule has 0 saturated heterocycles. The van der Waals surface area contributed by atoms with Crippen LogP contribution in [0.4, 0.5) is 5.69 Å². The van der Waals surface area contributed by atoms with E-state index in [4.69, 9.17) is 17.3 Å². The van der Waals surface area contributed by atoms with Gasteiger partial charge >= 0.3 is 0 Å². The maximum atomic E-state index is 6.33. The molecular formula is C14H23ClN2. The van der Waals surface area contributed by atoms with Crippen LogP contribution in [0.2, 0.25) is 5.02 Å². The van der Waals surface area contributed by atoms with Crippen LogP contribution in [-0.2, 0) is 6.42 Å². The fourth-order valence-corrected chi connectivity index (χ4v) is 2.36. The average molecular weight is 255 g/mol. The maximum absolute atomic E-state index is 6.33. The first-order valence-electron chi connectivity index (χ1n) is 6.41. The third-order valence-electron chi connectivity index (χ3n) is 3.16. The molecule has 0 amide bonds. The molecule has 0 saturated carbocycles. The molecule has 17 heavy (non-hydrogen) atoms. The minimum Gasteiger partial charge on any atom is -0.371 e. The summed E-state index contributed by atoms with van der Waals surface area (Å²) in [5, 5.41) is 0.828. The third kappa shape index (κ3) is 3.62. The topological polar surface area (TPSA) is 29.3 Å². The molecule has 0 aliphatic rings. The van der Waals surface area contributed by atoms with Crippen LogP contribution < -0.4 is 10.6 Å². The zero-order chi connectivity index (χ0) is 12.8. The van der Waals surface area contributed by atoms with Gasteiger partial charge in [-0.05, 0) is 38.3 Å². The minimum atomic E-state index is 0.211. The monoisotopic (exact) mass is 254 g/mol. The SMILES string of the molecule is CCC(N)Cc1cccc(Cl)c1N(CC)CC. The summed E-state index contributed by atoms with van der Waals surface area (Å²) in [5.74, 6) is 0. The summed E-state index contributed by atoms with van der Waals surface area (Å²) >= 11 is 6.33. The van der Waals surface area contributed by atoms with Crippen molar-refractivity contribution >= 4 is 17.3 Å². The second kappa shape index (κ2) is 6.87. The van der Waals surface area contributed by atoms with Crippen LogP contribution in [0.5, 0.6) is 0 Å². The van der Waals surface area contributed by atoms with Crippen molar-refractivity contribution in [1.29, 1.82) is 0 Å². The Morgan fingerprint density at radius 2 is 1.88 bits per heavy atom. The number of nitrogens with two attached hydrogens (primary N) is 1. The lowest BCUT2D eigenvalue weighted by atomic mass is 10.0. The van der Waals surface area contributed by atoms with Gasteiger partial charge in [0.25, 0.3) is 0 Å². The van der Waals surface area contributed by atoms with Crippen molar-refractivity contribution in [2.75, 3.05) is 18.0 Å². The molecule has 96 valence electrons. The number of rotatable bonds is 6. The minimum absolute atomic E-state index is 0.211. The summed E-state index contributed by atoms with van der Waals surface area (Å²) in [5.41, 5.74) is 8.46. The molecule has 3 heteroatoms. The Labute approximate surface area is 110 Å². The summed E-state index contributed by atoms with van der Waals surface area (Å²) in [4.78, 5) is 2.29. The number of nitrogens with zero attached hydrogens (tertiary/aromatic N) is 1. The maximum Gasteiger partial charge on any atom is 0.0642 e. The van der Waals surface area contributed by atoms with E-state index in [1.54, 1.807) is 0 Å². The van der Waals surface area contributed by atoms with Gasteiger partial charge in [-0.2, -0.15) is 0 Å². The molecule has 0 aliphatic carbocycles. The molecule has 0 bridgehead atoms. The van der Waals surface area contributed by atoms with E-state index in [-0.39, 0.29) is 6.04 Å². The van der Waals surface area contributed by atoms with E-state index in [1.807, 2.05) is 12.1 Å². The highest BCUT2D eigenvalue weighted by molar-refractivity contribution is 6.33. The van der Waals surface area contributed by atoms with Crippen molar-refractivity contribution in [2.24, 2.45) is 5.73 Å². The quantitative estimate of drug-likeness (QED) is 0.842. The number of hydrogen-bond donors (Lipinski definition) is 1. The summed E-state index contributed by atoms with van der Waals surface area (Å²) in [6.45, 7) is 8.35. The van der Waals surface area contributed by atoms with Crippen molar-refractivity contribution in [3.63, 3.8) is 0 Å². The van der Waals surface area contributed by atoms with E-state index in [2.05, 4.69) is 31.7 Å². The van der Waals surface area contributed by atoms with E-state index in [0.29, 0.717) is 0 Å². The predicted octanol–water partition coefficient (Wildman–Crippen LogP) is 3.47. The van der Waals surface area contributed by atoms with E-state index in [1.165, 1.54) is 5.56 Å². The zero-order valence-corrected chi connectivity index (χ0v) is 11.8. The Morgan fingerprint density at radius 1 is 1.24 bits per heavy atom. The van der Waals surface area contributed by atoms with E-state index >= 15 is 0 Å². The molecule has 1 aromatic carbocycles. The van der Waals surface area contributed by atoms with Gasteiger partial charge in [0.1, 0.15) is 0 Å². The molecular weight excluding hydrogens is 232 g/mol. The van der Waals surface area contributed by atoms with Crippen LogP contribution >= 0.6 is 11.6 Å². The van der Waals surface area contributed by atoms with E-state index < -0.39 is 0 Å². The van der Waals surface area contributed by atoms with Crippen LogP contribution in [-0.4, -0.2) is 19.1 Å². The second-order valence-corrected chi connectivity index (χ2v) is 4.70. The lowest BCUT2D eigenvalue weighted by molar-refractivity contribution is 0.644. The van der Waals surface area contributed by atoms with Crippen molar-refractivity contribution in [2.45, 2.75) is 39.7 Å². The van der Waals surface area contributed by atoms with Gasteiger partial charge in [-0.1, -0.05) is 30.7 Å². The third-order valence-corrected chi connectivity index (χ3v) is 3.46. The standard InChI is InChI=1S/C14H23ClN2/c1-4-12(16)10-11-8-7-9-13(15)14(11)17(5-2)6-3/h7-9,12H,4-6,10,16H2,1-3H3. The molecule has 0 spiro atoms. The lowest BCUT2D eigenvalue weighted by Gasteiger charge is -2.26. The van der Waals surface area contributed by atoms with Crippen LogP contribution in [0, 0.1) is 0 Å².